The maximum absolute atomic E-state index is 11.8. The summed E-state index contributed by atoms with van der Waals surface area (Å²) in [6.07, 6.45) is 20.3. The van der Waals surface area contributed by atoms with E-state index < -0.39 is 0 Å². The van der Waals surface area contributed by atoms with Crippen LogP contribution in [0.4, 0.5) is 0 Å². The maximum atomic E-state index is 11.8. The highest BCUT2D eigenvalue weighted by atomic mass is 35.5. The largest absolute Gasteiger partial charge is 0.411 e. The van der Waals surface area contributed by atoms with Crippen LogP contribution >= 0.6 is 12.4 Å². The quantitative estimate of drug-likeness (QED) is 0.302. The molecule has 0 bridgehead atoms. The molecule has 4 aliphatic rings. The summed E-state index contributed by atoms with van der Waals surface area (Å²) in [6, 6.07) is 0. The van der Waals surface area contributed by atoms with Crippen LogP contribution in [-0.4, -0.2) is 21.9 Å². The Morgan fingerprint density at radius 2 is 0.857 bits per heavy atom. The number of hydrogen-bond acceptors (Lipinski definition) is 5. The fourth-order valence-corrected chi connectivity index (χ4v) is 5.69. The van der Waals surface area contributed by atoms with Crippen LogP contribution in [0.1, 0.15) is 103 Å². The Balaban J connectivity index is 0.000000250. The van der Waals surface area contributed by atoms with Crippen LogP contribution in [0.5, 0.6) is 0 Å². The Morgan fingerprint density at radius 3 is 1.11 bits per heavy atom. The van der Waals surface area contributed by atoms with Crippen LogP contribution in [0.2, 0.25) is 0 Å². The average molecular weight is 417 g/mol. The van der Waals surface area contributed by atoms with Crippen LogP contribution in [0.3, 0.4) is 0 Å². The SMILES string of the molecule is Cl.NO.O=C(C1CCCC1)C1CCCC1.ON=C(C1CCCC1)C1CCCC1. The van der Waals surface area contributed by atoms with E-state index in [-0.39, 0.29) is 12.4 Å². The molecule has 4 saturated carbocycles. The van der Waals surface area contributed by atoms with Crippen LogP contribution in [0, 0.1) is 23.7 Å². The van der Waals surface area contributed by atoms with Crippen LogP contribution in [0.25, 0.3) is 0 Å². The van der Waals surface area contributed by atoms with Crippen molar-refractivity contribution in [1.29, 1.82) is 0 Å². The maximum Gasteiger partial charge on any atom is 0.139 e. The van der Waals surface area contributed by atoms with Gasteiger partial charge >= 0.3 is 0 Å². The Hall–Kier alpha value is -0.650. The van der Waals surface area contributed by atoms with E-state index in [1.165, 1.54) is 103 Å². The zero-order valence-electron chi connectivity index (χ0n) is 17.4. The van der Waals surface area contributed by atoms with Crippen molar-refractivity contribution >= 4 is 23.9 Å². The van der Waals surface area contributed by atoms with Crippen molar-refractivity contribution in [3.05, 3.63) is 0 Å². The number of hydrogen-bond donors (Lipinski definition) is 3. The minimum Gasteiger partial charge on any atom is -0.411 e. The second-order valence-corrected chi connectivity index (χ2v) is 8.85. The molecule has 0 heterocycles. The topological polar surface area (TPSA) is 95.9 Å². The lowest BCUT2D eigenvalue weighted by Gasteiger charge is -2.16. The summed E-state index contributed by atoms with van der Waals surface area (Å²) >= 11 is 0. The van der Waals surface area contributed by atoms with Gasteiger partial charge in [-0.2, -0.15) is 0 Å². The van der Waals surface area contributed by atoms with Crippen molar-refractivity contribution < 1.29 is 15.2 Å². The van der Waals surface area contributed by atoms with E-state index in [0.29, 0.717) is 29.5 Å². The number of nitrogens with two attached hydrogens (primary N) is 1. The molecule has 0 amide bonds. The van der Waals surface area contributed by atoms with E-state index in [1.807, 2.05) is 0 Å². The Bertz CT molecular complexity index is 413. The van der Waals surface area contributed by atoms with E-state index in [9.17, 15) is 4.79 Å². The van der Waals surface area contributed by atoms with Gasteiger partial charge in [-0.15, -0.1) is 12.4 Å². The van der Waals surface area contributed by atoms with Gasteiger partial charge in [-0.1, -0.05) is 56.5 Å². The van der Waals surface area contributed by atoms with Crippen molar-refractivity contribution in [1.82, 2.24) is 0 Å². The molecule has 0 saturated heterocycles. The van der Waals surface area contributed by atoms with Crippen molar-refractivity contribution in [3.63, 3.8) is 0 Å². The average Bonchev–Trinajstić information content (AvgIpc) is 3.53. The third kappa shape index (κ3) is 7.31. The number of carbonyl (C=O) groups excluding carboxylic acids is 1. The molecule has 0 spiro atoms. The molecule has 0 aromatic rings. The van der Waals surface area contributed by atoms with Crippen LogP contribution < -0.4 is 5.90 Å². The second kappa shape index (κ2) is 14.4. The smallest absolute Gasteiger partial charge is 0.139 e. The van der Waals surface area contributed by atoms with Crippen molar-refractivity contribution in [3.8, 4) is 0 Å². The fraction of sp³-hybridized carbons (Fsp3) is 0.909. The molecule has 4 fully saturated rings. The van der Waals surface area contributed by atoms with Crippen molar-refractivity contribution in [2.24, 2.45) is 34.7 Å². The first-order chi connectivity index (χ1) is 13.3. The van der Waals surface area contributed by atoms with Gasteiger partial charge in [0.2, 0.25) is 0 Å². The third-order valence-corrected chi connectivity index (χ3v) is 7.18. The first-order valence-electron chi connectivity index (χ1n) is 11.3. The van der Waals surface area contributed by atoms with Gasteiger partial charge in [0.1, 0.15) is 5.78 Å². The minimum atomic E-state index is 0. The molecule has 0 aliphatic heterocycles. The molecule has 0 radical (unpaired) electrons. The number of carbonyl (C=O) groups is 1. The Morgan fingerprint density at radius 1 is 0.607 bits per heavy atom. The molecule has 0 aromatic heterocycles. The summed E-state index contributed by atoms with van der Waals surface area (Å²) in [5.74, 6) is 6.28. The minimum absolute atomic E-state index is 0. The summed E-state index contributed by atoms with van der Waals surface area (Å²) in [5, 5.41) is 19.1. The van der Waals surface area contributed by atoms with Gasteiger partial charge in [0, 0.05) is 23.7 Å². The summed E-state index contributed by atoms with van der Waals surface area (Å²) in [6.45, 7) is 0. The standard InChI is InChI=1S/C11H19NO.C11H18O.ClH.H3NO/c13-12-11(9-5-1-2-6-9)10-7-3-4-8-10;12-11(9-5-1-2-6-9)10-7-3-4-8-10;;1-2/h9-10,13H,1-8H2;9-10H,1-8H2;1H;2H,1H2. The number of halogens is 1. The van der Waals surface area contributed by atoms with Crippen LogP contribution in [-0.2, 0) is 4.79 Å². The summed E-state index contributed by atoms with van der Waals surface area (Å²) < 4.78 is 0. The number of oxime groups is 1. The van der Waals surface area contributed by atoms with Crippen molar-refractivity contribution in [2.75, 3.05) is 0 Å². The first kappa shape index (κ1) is 25.4. The van der Waals surface area contributed by atoms with E-state index in [4.69, 9.17) is 10.4 Å². The molecule has 0 aromatic carbocycles. The molecule has 164 valence electrons. The molecule has 6 heteroatoms. The lowest BCUT2D eigenvalue weighted by Crippen LogP contribution is -2.19. The van der Waals surface area contributed by atoms with Gasteiger partial charge in [0.25, 0.3) is 0 Å². The summed E-state index contributed by atoms with van der Waals surface area (Å²) in [7, 11) is 0. The third-order valence-electron chi connectivity index (χ3n) is 7.18. The molecule has 28 heavy (non-hydrogen) atoms. The Kier molecular flexibility index (Phi) is 13.0. The predicted octanol–water partition coefficient (Wildman–Crippen LogP) is 5.89. The number of ketones is 1. The van der Waals surface area contributed by atoms with Gasteiger partial charge in [-0.25, -0.2) is 5.90 Å². The van der Waals surface area contributed by atoms with Gasteiger partial charge in [-0.05, 0) is 51.4 Å². The van der Waals surface area contributed by atoms with E-state index in [2.05, 4.69) is 11.1 Å². The molecular formula is C22H41ClN2O3. The number of nitrogens with zero attached hydrogens (tertiary/aromatic N) is 1. The van der Waals surface area contributed by atoms with E-state index >= 15 is 0 Å². The molecular weight excluding hydrogens is 376 g/mol. The molecule has 5 nitrogen and oxygen atoms in total. The van der Waals surface area contributed by atoms with Gasteiger partial charge in [0.05, 0.1) is 5.71 Å². The zero-order valence-corrected chi connectivity index (χ0v) is 18.2. The molecule has 4 N–H and O–H groups in total. The van der Waals surface area contributed by atoms with E-state index in [0.717, 1.165) is 5.71 Å². The fourth-order valence-electron chi connectivity index (χ4n) is 5.69. The first-order valence-corrected chi connectivity index (χ1v) is 11.3. The van der Waals surface area contributed by atoms with Gasteiger partial charge in [-0.3, -0.25) is 4.79 Å². The number of rotatable bonds is 4. The highest BCUT2D eigenvalue weighted by Gasteiger charge is 2.31. The molecule has 0 atom stereocenters. The highest BCUT2D eigenvalue weighted by Crippen LogP contribution is 2.35. The Labute approximate surface area is 176 Å². The second-order valence-electron chi connectivity index (χ2n) is 8.85. The normalized spacial score (nSPS) is 23.4. The van der Waals surface area contributed by atoms with Gasteiger partial charge < -0.3 is 10.4 Å². The van der Waals surface area contributed by atoms with Crippen LogP contribution in [0.15, 0.2) is 5.16 Å². The van der Waals surface area contributed by atoms with Gasteiger partial charge in [0.15, 0.2) is 0 Å². The molecule has 0 unspecified atom stereocenters. The highest BCUT2D eigenvalue weighted by molar-refractivity contribution is 5.89. The summed E-state index contributed by atoms with van der Waals surface area (Å²) in [4.78, 5) is 11.8. The lowest BCUT2D eigenvalue weighted by atomic mass is 9.89. The zero-order chi connectivity index (χ0) is 19.5. The lowest BCUT2D eigenvalue weighted by molar-refractivity contribution is -0.126. The number of Topliss-reactive ketones (excluding diaryl/α,β-unsaturated/α-hetero) is 1. The monoisotopic (exact) mass is 416 g/mol. The van der Waals surface area contributed by atoms with E-state index in [1.54, 1.807) is 0 Å². The summed E-state index contributed by atoms with van der Waals surface area (Å²) in [5.41, 5.74) is 1.13. The van der Waals surface area contributed by atoms with Crippen molar-refractivity contribution in [2.45, 2.75) is 103 Å². The molecule has 4 rings (SSSR count). The predicted molar refractivity (Wildman–Crippen MR) is 115 cm³/mol. The molecule has 4 aliphatic carbocycles.